The van der Waals surface area contributed by atoms with Gasteiger partial charge in [-0.25, -0.2) is 0 Å². The maximum Gasteiger partial charge on any atom is 0.310 e. The first-order valence-corrected chi connectivity index (χ1v) is 7.07. The molecule has 1 rings (SSSR count). The van der Waals surface area contributed by atoms with Gasteiger partial charge in [-0.3, -0.25) is 4.79 Å². The molecule has 6 heteroatoms. The summed E-state index contributed by atoms with van der Waals surface area (Å²) in [5, 5.41) is 0. The van der Waals surface area contributed by atoms with Crippen molar-refractivity contribution in [3.63, 3.8) is 0 Å². The molecule has 0 aliphatic rings. The van der Waals surface area contributed by atoms with Gasteiger partial charge in [-0.05, 0) is 31.5 Å². The van der Waals surface area contributed by atoms with E-state index in [1.807, 2.05) is 13.8 Å². The van der Waals surface area contributed by atoms with E-state index in [1.54, 1.807) is 12.1 Å². The van der Waals surface area contributed by atoms with E-state index in [4.69, 9.17) is 23.7 Å². The minimum absolute atomic E-state index is 0.119. The number of rotatable bonds is 9. The Morgan fingerprint density at radius 3 is 2.05 bits per heavy atom. The second-order valence-corrected chi connectivity index (χ2v) is 4.85. The predicted octanol–water partition coefficient (Wildman–Crippen LogP) is 2.22. The summed E-state index contributed by atoms with van der Waals surface area (Å²) < 4.78 is 26.2. The van der Waals surface area contributed by atoms with E-state index in [2.05, 4.69) is 0 Å². The van der Waals surface area contributed by atoms with Crippen LogP contribution < -0.4 is 14.2 Å². The van der Waals surface area contributed by atoms with Crippen molar-refractivity contribution < 1.29 is 28.5 Å². The van der Waals surface area contributed by atoms with Crippen molar-refractivity contribution in [3.05, 3.63) is 17.7 Å². The molecule has 1 aromatic rings. The van der Waals surface area contributed by atoms with Crippen LogP contribution in [0.5, 0.6) is 17.2 Å². The van der Waals surface area contributed by atoms with Gasteiger partial charge in [-0.15, -0.1) is 0 Å². The maximum absolute atomic E-state index is 11.8. The molecule has 0 heterocycles. The van der Waals surface area contributed by atoms with Crippen LogP contribution in [0.3, 0.4) is 0 Å². The molecule has 0 amide bonds. The molecule has 6 nitrogen and oxygen atoms in total. The summed E-state index contributed by atoms with van der Waals surface area (Å²) >= 11 is 0. The van der Waals surface area contributed by atoms with E-state index in [0.29, 0.717) is 23.9 Å². The number of hydrogen-bond acceptors (Lipinski definition) is 6. The lowest BCUT2D eigenvalue weighted by Crippen LogP contribution is -2.15. The molecule has 0 aliphatic heterocycles. The van der Waals surface area contributed by atoms with Crippen molar-refractivity contribution in [2.24, 2.45) is 0 Å². The van der Waals surface area contributed by atoms with Crippen molar-refractivity contribution >= 4 is 5.97 Å². The molecule has 0 spiro atoms. The normalized spacial score (nSPS) is 10.5. The lowest BCUT2D eigenvalue weighted by molar-refractivity contribution is -0.144. The average molecular weight is 312 g/mol. The van der Waals surface area contributed by atoms with Crippen LogP contribution in [0.4, 0.5) is 0 Å². The quantitative estimate of drug-likeness (QED) is 0.515. The number of carbonyl (C=O) groups excluding carboxylic acids is 1. The minimum atomic E-state index is -0.332. The Bertz CT molecular complexity index is 459. The van der Waals surface area contributed by atoms with Gasteiger partial charge in [-0.2, -0.15) is 0 Å². The van der Waals surface area contributed by atoms with Crippen LogP contribution in [0.2, 0.25) is 0 Å². The first-order valence-electron chi connectivity index (χ1n) is 7.07. The lowest BCUT2D eigenvalue weighted by atomic mass is 10.1. The smallest absolute Gasteiger partial charge is 0.310 e. The summed E-state index contributed by atoms with van der Waals surface area (Å²) in [6, 6.07) is 3.46. The standard InChI is InChI=1S/C16H24O6/c1-11(2)21-6-7-22-15(17)10-12-8-13(18-3)16(20-5)14(9-12)19-4/h8-9,11H,6-7,10H2,1-5H3. The molecule has 0 aliphatic carbocycles. The van der Waals surface area contributed by atoms with Crippen LogP contribution in [-0.4, -0.2) is 46.6 Å². The summed E-state index contributed by atoms with van der Waals surface area (Å²) in [5.41, 5.74) is 0.726. The molecule has 1 aromatic carbocycles. The van der Waals surface area contributed by atoms with Gasteiger partial charge >= 0.3 is 5.97 Å². The lowest BCUT2D eigenvalue weighted by Gasteiger charge is -2.14. The van der Waals surface area contributed by atoms with Crippen LogP contribution in [0, 0.1) is 0 Å². The SMILES string of the molecule is COc1cc(CC(=O)OCCOC(C)C)cc(OC)c1OC. The molecule has 0 fully saturated rings. The fourth-order valence-corrected chi connectivity index (χ4v) is 1.89. The van der Waals surface area contributed by atoms with Crippen LogP contribution in [0.15, 0.2) is 12.1 Å². The molecule has 0 N–H and O–H groups in total. The van der Waals surface area contributed by atoms with E-state index >= 15 is 0 Å². The van der Waals surface area contributed by atoms with Gasteiger partial charge < -0.3 is 23.7 Å². The number of hydrogen-bond donors (Lipinski definition) is 0. The number of carbonyl (C=O) groups is 1. The van der Waals surface area contributed by atoms with E-state index < -0.39 is 0 Å². The Morgan fingerprint density at radius 1 is 1.00 bits per heavy atom. The van der Waals surface area contributed by atoms with Crippen molar-refractivity contribution in [3.8, 4) is 17.2 Å². The highest BCUT2D eigenvalue weighted by atomic mass is 16.6. The third kappa shape index (κ3) is 5.44. The third-order valence-electron chi connectivity index (χ3n) is 2.87. The molecule has 0 bridgehead atoms. The van der Waals surface area contributed by atoms with Crippen LogP contribution in [0.25, 0.3) is 0 Å². The number of benzene rings is 1. The predicted molar refractivity (Wildman–Crippen MR) is 81.8 cm³/mol. The van der Waals surface area contributed by atoms with Gasteiger partial charge in [0.2, 0.25) is 5.75 Å². The van der Waals surface area contributed by atoms with Gasteiger partial charge in [0.1, 0.15) is 6.61 Å². The summed E-state index contributed by atoms with van der Waals surface area (Å²) in [4.78, 5) is 11.8. The second-order valence-electron chi connectivity index (χ2n) is 4.85. The summed E-state index contributed by atoms with van der Waals surface area (Å²) in [6.45, 7) is 4.48. The monoisotopic (exact) mass is 312 g/mol. The maximum atomic E-state index is 11.8. The fourth-order valence-electron chi connectivity index (χ4n) is 1.89. The molecule has 0 atom stereocenters. The van der Waals surface area contributed by atoms with Crippen molar-refractivity contribution in [2.75, 3.05) is 34.5 Å². The highest BCUT2D eigenvalue weighted by molar-refractivity contribution is 5.73. The molecule has 0 saturated carbocycles. The Morgan fingerprint density at radius 2 is 1.59 bits per heavy atom. The zero-order valence-corrected chi connectivity index (χ0v) is 13.8. The zero-order chi connectivity index (χ0) is 16.5. The first kappa shape index (κ1) is 18.1. The van der Waals surface area contributed by atoms with Gasteiger partial charge in [-0.1, -0.05) is 0 Å². The molecule has 0 unspecified atom stereocenters. The highest BCUT2D eigenvalue weighted by Crippen LogP contribution is 2.38. The van der Waals surface area contributed by atoms with Gasteiger partial charge in [0.05, 0.1) is 40.5 Å². The van der Waals surface area contributed by atoms with Gasteiger partial charge in [0, 0.05) is 0 Å². The topological polar surface area (TPSA) is 63.2 Å². The highest BCUT2D eigenvalue weighted by Gasteiger charge is 2.15. The zero-order valence-electron chi connectivity index (χ0n) is 13.8. The van der Waals surface area contributed by atoms with Crippen molar-refractivity contribution in [1.82, 2.24) is 0 Å². The van der Waals surface area contributed by atoms with Gasteiger partial charge in [0.25, 0.3) is 0 Å². The summed E-state index contributed by atoms with van der Waals surface area (Å²) in [6.07, 6.45) is 0.243. The molecule has 0 saturated heterocycles. The molecule has 124 valence electrons. The molecule has 22 heavy (non-hydrogen) atoms. The molecular formula is C16H24O6. The number of methoxy groups -OCH3 is 3. The Hall–Kier alpha value is -1.95. The van der Waals surface area contributed by atoms with E-state index in [0.717, 1.165) is 5.56 Å². The summed E-state index contributed by atoms with van der Waals surface area (Å²) in [7, 11) is 4.59. The van der Waals surface area contributed by atoms with Gasteiger partial charge in [0.15, 0.2) is 11.5 Å². The second kappa shape index (κ2) is 9.15. The third-order valence-corrected chi connectivity index (χ3v) is 2.87. The van der Waals surface area contributed by atoms with Crippen LogP contribution >= 0.6 is 0 Å². The number of esters is 1. The van der Waals surface area contributed by atoms with E-state index in [9.17, 15) is 4.79 Å². The van der Waals surface area contributed by atoms with Crippen molar-refractivity contribution in [1.29, 1.82) is 0 Å². The van der Waals surface area contributed by atoms with E-state index in [-0.39, 0.29) is 25.1 Å². The molecule has 0 radical (unpaired) electrons. The average Bonchev–Trinajstić information content (AvgIpc) is 2.50. The first-order chi connectivity index (χ1) is 10.5. The molecular weight excluding hydrogens is 288 g/mol. The fraction of sp³-hybridized carbons (Fsp3) is 0.562. The molecule has 0 aromatic heterocycles. The Balaban J connectivity index is 2.66. The minimum Gasteiger partial charge on any atom is -0.493 e. The largest absolute Gasteiger partial charge is 0.493 e. The van der Waals surface area contributed by atoms with E-state index in [1.165, 1.54) is 21.3 Å². The van der Waals surface area contributed by atoms with Crippen molar-refractivity contribution in [2.45, 2.75) is 26.4 Å². The number of ether oxygens (including phenoxy) is 5. The Kier molecular flexibility index (Phi) is 7.52. The summed E-state index contributed by atoms with van der Waals surface area (Å²) in [5.74, 6) is 1.18. The van der Waals surface area contributed by atoms with Crippen LogP contribution in [-0.2, 0) is 20.7 Å². The van der Waals surface area contributed by atoms with Crippen LogP contribution in [0.1, 0.15) is 19.4 Å². The Labute approximate surface area is 131 Å².